The number of ether oxygens (including phenoxy) is 1. The summed E-state index contributed by atoms with van der Waals surface area (Å²) in [6, 6.07) is 1.91. The average molecular weight is 253 g/mol. The lowest BCUT2D eigenvalue weighted by atomic mass is 9.96. The molecule has 2 unspecified atom stereocenters. The van der Waals surface area contributed by atoms with Gasteiger partial charge in [-0.05, 0) is 36.3 Å². The Labute approximate surface area is 107 Å². The van der Waals surface area contributed by atoms with E-state index in [0.29, 0.717) is 12.5 Å². The van der Waals surface area contributed by atoms with E-state index < -0.39 is 6.10 Å². The SMILES string of the molecule is CCCOc1cncc(C(O)C2CCSC2)c1. The Bertz CT molecular complexity index is 353. The van der Waals surface area contributed by atoms with Crippen LogP contribution in [0.2, 0.25) is 0 Å². The van der Waals surface area contributed by atoms with Crippen LogP contribution in [0.25, 0.3) is 0 Å². The van der Waals surface area contributed by atoms with Crippen molar-refractivity contribution in [2.24, 2.45) is 5.92 Å². The minimum Gasteiger partial charge on any atom is -0.492 e. The molecule has 0 radical (unpaired) electrons. The third kappa shape index (κ3) is 3.36. The number of aliphatic hydroxyl groups excluding tert-OH is 1. The molecule has 1 fully saturated rings. The summed E-state index contributed by atoms with van der Waals surface area (Å²) in [5.41, 5.74) is 0.881. The van der Waals surface area contributed by atoms with Gasteiger partial charge in [0.25, 0.3) is 0 Å². The minimum atomic E-state index is -0.400. The Kier molecular flexibility index (Phi) is 4.68. The lowest BCUT2D eigenvalue weighted by Crippen LogP contribution is -2.12. The molecule has 3 nitrogen and oxygen atoms in total. The fourth-order valence-corrected chi connectivity index (χ4v) is 3.26. The summed E-state index contributed by atoms with van der Waals surface area (Å²) in [6.45, 7) is 2.77. The summed E-state index contributed by atoms with van der Waals surface area (Å²) in [4.78, 5) is 4.14. The second-order valence-corrected chi connectivity index (χ2v) is 5.52. The van der Waals surface area contributed by atoms with Crippen LogP contribution in [-0.2, 0) is 0 Å². The molecule has 0 bridgehead atoms. The normalized spacial score (nSPS) is 21.4. The number of thioether (sulfide) groups is 1. The first-order valence-corrected chi connectivity index (χ1v) is 7.30. The van der Waals surface area contributed by atoms with Gasteiger partial charge in [-0.3, -0.25) is 4.98 Å². The maximum Gasteiger partial charge on any atom is 0.137 e. The van der Waals surface area contributed by atoms with Crippen LogP contribution in [0.5, 0.6) is 5.75 Å². The quantitative estimate of drug-likeness (QED) is 0.876. The van der Waals surface area contributed by atoms with E-state index in [1.165, 1.54) is 0 Å². The number of nitrogens with zero attached hydrogens (tertiary/aromatic N) is 1. The largest absolute Gasteiger partial charge is 0.492 e. The van der Waals surface area contributed by atoms with Crippen LogP contribution < -0.4 is 4.74 Å². The molecular weight excluding hydrogens is 234 g/mol. The maximum atomic E-state index is 10.3. The van der Waals surface area contributed by atoms with Crippen LogP contribution in [0, 0.1) is 5.92 Å². The van der Waals surface area contributed by atoms with Gasteiger partial charge in [0.2, 0.25) is 0 Å². The molecular formula is C13H19NO2S. The Hall–Kier alpha value is -0.740. The maximum absolute atomic E-state index is 10.3. The fraction of sp³-hybridized carbons (Fsp3) is 0.615. The van der Waals surface area contributed by atoms with Gasteiger partial charge in [-0.15, -0.1) is 0 Å². The summed E-state index contributed by atoms with van der Waals surface area (Å²) < 4.78 is 5.53. The van der Waals surface area contributed by atoms with E-state index in [2.05, 4.69) is 11.9 Å². The molecule has 1 aromatic heterocycles. The number of hydrogen-bond donors (Lipinski definition) is 1. The van der Waals surface area contributed by atoms with E-state index >= 15 is 0 Å². The van der Waals surface area contributed by atoms with Crippen molar-refractivity contribution in [3.05, 3.63) is 24.0 Å². The van der Waals surface area contributed by atoms with Crippen molar-refractivity contribution < 1.29 is 9.84 Å². The topological polar surface area (TPSA) is 42.4 Å². The van der Waals surface area contributed by atoms with E-state index in [-0.39, 0.29) is 0 Å². The van der Waals surface area contributed by atoms with Crippen molar-refractivity contribution in [2.45, 2.75) is 25.9 Å². The molecule has 0 aromatic carbocycles. The lowest BCUT2D eigenvalue weighted by Gasteiger charge is -2.17. The first kappa shape index (κ1) is 12.7. The predicted octanol–water partition coefficient (Wildman–Crippen LogP) is 2.66. The molecule has 2 heterocycles. The van der Waals surface area contributed by atoms with Gasteiger partial charge >= 0.3 is 0 Å². The van der Waals surface area contributed by atoms with Gasteiger partial charge in [0.15, 0.2) is 0 Å². The Morgan fingerprint density at radius 2 is 2.47 bits per heavy atom. The highest BCUT2D eigenvalue weighted by Crippen LogP contribution is 2.34. The number of rotatable bonds is 5. The molecule has 0 amide bonds. The second kappa shape index (κ2) is 6.26. The zero-order valence-corrected chi connectivity index (χ0v) is 10.9. The predicted molar refractivity (Wildman–Crippen MR) is 70.4 cm³/mol. The summed E-state index contributed by atoms with van der Waals surface area (Å²) in [7, 11) is 0. The van der Waals surface area contributed by atoms with Gasteiger partial charge in [0.05, 0.1) is 18.9 Å². The number of pyridine rings is 1. The Morgan fingerprint density at radius 3 is 3.18 bits per heavy atom. The zero-order valence-electron chi connectivity index (χ0n) is 10.1. The van der Waals surface area contributed by atoms with E-state index in [0.717, 1.165) is 35.7 Å². The second-order valence-electron chi connectivity index (χ2n) is 4.37. The molecule has 17 heavy (non-hydrogen) atoms. The van der Waals surface area contributed by atoms with Crippen molar-refractivity contribution in [3.8, 4) is 5.75 Å². The summed E-state index contributed by atoms with van der Waals surface area (Å²) in [5, 5.41) is 10.3. The Morgan fingerprint density at radius 1 is 1.59 bits per heavy atom. The lowest BCUT2D eigenvalue weighted by molar-refractivity contribution is 0.120. The summed E-state index contributed by atoms with van der Waals surface area (Å²) in [6.07, 6.45) is 5.11. The van der Waals surface area contributed by atoms with Gasteiger partial charge < -0.3 is 9.84 Å². The van der Waals surface area contributed by atoms with Gasteiger partial charge in [-0.1, -0.05) is 6.92 Å². The van der Waals surface area contributed by atoms with E-state index in [1.54, 1.807) is 12.4 Å². The highest BCUT2D eigenvalue weighted by Gasteiger charge is 2.25. The molecule has 1 N–H and O–H groups in total. The smallest absolute Gasteiger partial charge is 0.137 e. The molecule has 0 aliphatic carbocycles. The fourth-order valence-electron chi connectivity index (χ4n) is 1.97. The van der Waals surface area contributed by atoms with Crippen LogP contribution >= 0.6 is 11.8 Å². The van der Waals surface area contributed by atoms with Crippen LogP contribution in [0.4, 0.5) is 0 Å². The monoisotopic (exact) mass is 253 g/mol. The van der Waals surface area contributed by atoms with Gasteiger partial charge in [0, 0.05) is 11.8 Å². The van der Waals surface area contributed by atoms with Crippen molar-refractivity contribution in [1.82, 2.24) is 4.98 Å². The van der Waals surface area contributed by atoms with Crippen molar-refractivity contribution in [1.29, 1.82) is 0 Å². The molecule has 0 saturated carbocycles. The molecule has 2 atom stereocenters. The summed E-state index contributed by atoms with van der Waals surface area (Å²) >= 11 is 1.91. The average Bonchev–Trinajstić information content (AvgIpc) is 2.89. The number of aliphatic hydroxyl groups is 1. The molecule has 4 heteroatoms. The first-order valence-electron chi connectivity index (χ1n) is 6.15. The van der Waals surface area contributed by atoms with Crippen molar-refractivity contribution >= 4 is 11.8 Å². The molecule has 1 aliphatic rings. The highest BCUT2D eigenvalue weighted by atomic mass is 32.2. The van der Waals surface area contributed by atoms with Crippen LogP contribution in [0.3, 0.4) is 0 Å². The first-order chi connectivity index (χ1) is 8.31. The molecule has 1 saturated heterocycles. The number of hydrogen-bond acceptors (Lipinski definition) is 4. The molecule has 0 spiro atoms. The van der Waals surface area contributed by atoms with Crippen LogP contribution in [0.15, 0.2) is 18.5 Å². The van der Waals surface area contributed by atoms with Gasteiger partial charge in [-0.25, -0.2) is 0 Å². The van der Waals surface area contributed by atoms with E-state index in [9.17, 15) is 5.11 Å². The zero-order chi connectivity index (χ0) is 12.1. The highest BCUT2D eigenvalue weighted by molar-refractivity contribution is 7.99. The van der Waals surface area contributed by atoms with E-state index in [4.69, 9.17) is 4.74 Å². The Balaban J connectivity index is 2.03. The molecule has 1 aromatic rings. The molecule has 2 rings (SSSR count). The number of aromatic nitrogens is 1. The molecule has 94 valence electrons. The van der Waals surface area contributed by atoms with Crippen molar-refractivity contribution in [3.63, 3.8) is 0 Å². The molecule has 1 aliphatic heterocycles. The van der Waals surface area contributed by atoms with Crippen molar-refractivity contribution in [2.75, 3.05) is 18.1 Å². The summed E-state index contributed by atoms with van der Waals surface area (Å²) in [5.74, 6) is 3.32. The standard InChI is InChI=1S/C13H19NO2S/c1-2-4-16-12-6-11(7-14-8-12)13(15)10-3-5-17-9-10/h6-8,10,13,15H,2-5,9H2,1H3. The third-order valence-corrected chi connectivity index (χ3v) is 4.15. The van der Waals surface area contributed by atoms with Crippen LogP contribution in [0.1, 0.15) is 31.4 Å². The van der Waals surface area contributed by atoms with Gasteiger partial charge in [-0.2, -0.15) is 11.8 Å². The minimum absolute atomic E-state index is 0.364. The van der Waals surface area contributed by atoms with Crippen LogP contribution in [-0.4, -0.2) is 28.2 Å². The third-order valence-electron chi connectivity index (χ3n) is 2.96. The van der Waals surface area contributed by atoms with Gasteiger partial charge in [0.1, 0.15) is 5.75 Å². The van der Waals surface area contributed by atoms with E-state index in [1.807, 2.05) is 17.8 Å².